The minimum absolute atomic E-state index is 0.185. The van der Waals surface area contributed by atoms with E-state index in [0.29, 0.717) is 5.52 Å². The maximum Gasteiger partial charge on any atom is 0.326 e. The van der Waals surface area contributed by atoms with E-state index in [1.807, 2.05) is 0 Å². The van der Waals surface area contributed by atoms with Crippen LogP contribution >= 0.6 is 0 Å². The second-order valence-electron chi connectivity index (χ2n) is 2.19. The normalized spacial score (nSPS) is 10.3. The van der Waals surface area contributed by atoms with Crippen molar-refractivity contribution in [3.05, 3.63) is 33.4 Å². The molecule has 0 amide bonds. The van der Waals surface area contributed by atoms with Gasteiger partial charge in [0.25, 0.3) is 5.56 Å². The maximum atomic E-state index is 11.0. The average molecular weight is 164 g/mol. The van der Waals surface area contributed by atoms with Crippen molar-refractivity contribution in [2.75, 3.05) is 0 Å². The third kappa shape index (κ3) is 0.895. The van der Waals surface area contributed by atoms with Gasteiger partial charge in [-0.25, -0.2) is 14.8 Å². The van der Waals surface area contributed by atoms with Crippen molar-refractivity contribution < 1.29 is 0 Å². The number of hydrogen-bond donors (Lipinski definition) is 2. The fourth-order valence-electron chi connectivity index (χ4n) is 0.918. The van der Waals surface area contributed by atoms with E-state index in [1.165, 1.54) is 12.5 Å². The zero-order valence-electron chi connectivity index (χ0n) is 5.87. The summed E-state index contributed by atoms with van der Waals surface area (Å²) in [5.41, 5.74) is -0.533. The molecule has 0 atom stereocenters. The van der Waals surface area contributed by atoms with Crippen LogP contribution in [0.2, 0.25) is 0 Å². The predicted molar refractivity (Wildman–Crippen MR) is 40.8 cm³/mol. The van der Waals surface area contributed by atoms with Gasteiger partial charge in [-0.05, 0) is 0 Å². The second-order valence-corrected chi connectivity index (χ2v) is 2.19. The molecule has 0 aromatic carbocycles. The van der Waals surface area contributed by atoms with Gasteiger partial charge in [0.15, 0.2) is 5.52 Å². The molecule has 0 spiro atoms. The maximum absolute atomic E-state index is 11.0. The van der Waals surface area contributed by atoms with Gasteiger partial charge in [0.1, 0.15) is 6.33 Å². The van der Waals surface area contributed by atoms with E-state index in [0.717, 1.165) is 0 Å². The Kier molecular flexibility index (Phi) is 1.26. The summed E-state index contributed by atoms with van der Waals surface area (Å²) in [4.78, 5) is 33.6. The Balaban J connectivity index is 3.09. The van der Waals surface area contributed by atoms with Crippen LogP contribution < -0.4 is 11.2 Å². The highest BCUT2D eigenvalue weighted by atomic mass is 16.2. The van der Waals surface area contributed by atoms with E-state index in [2.05, 4.69) is 19.9 Å². The number of aromatic nitrogens is 4. The molecule has 0 aliphatic rings. The van der Waals surface area contributed by atoms with Crippen molar-refractivity contribution in [1.82, 2.24) is 19.9 Å². The minimum Gasteiger partial charge on any atom is -0.304 e. The molecule has 60 valence electrons. The molecule has 2 heterocycles. The van der Waals surface area contributed by atoms with Crippen LogP contribution in [-0.2, 0) is 0 Å². The number of fused-ring (bicyclic) bond motifs is 1. The SMILES string of the molecule is O=c1[nH]c(=O)c2ncncc2[nH]1. The van der Waals surface area contributed by atoms with Crippen molar-refractivity contribution >= 4 is 11.0 Å². The lowest BCUT2D eigenvalue weighted by Crippen LogP contribution is -2.22. The molecule has 0 aliphatic heterocycles. The van der Waals surface area contributed by atoms with E-state index in [1.54, 1.807) is 0 Å². The first-order valence-electron chi connectivity index (χ1n) is 3.20. The Morgan fingerprint density at radius 2 is 2.08 bits per heavy atom. The highest BCUT2D eigenvalue weighted by molar-refractivity contribution is 5.70. The number of hydrogen-bond acceptors (Lipinski definition) is 4. The lowest BCUT2D eigenvalue weighted by atomic mass is 10.4. The van der Waals surface area contributed by atoms with E-state index < -0.39 is 11.2 Å². The summed E-state index contributed by atoms with van der Waals surface area (Å²) in [6.07, 6.45) is 2.62. The predicted octanol–water partition coefficient (Wildman–Crippen LogP) is -0.994. The van der Waals surface area contributed by atoms with Crippen LogP contribution in [0.25, 0.3) is 11.0 Å². The molecule has 0 bridgehead atoms. The first-order chi connectivity index (χ1) is 5.77. The van der Waals surface area contributed by atoms with Gasteiger partial charge in [-0.15, -0.1) is 0 Å². The highest BCUT2D eigenvalue weighted by Gasteiger charge is 1.99. The van der Waals surface area contributed by atoms with Gasteiger partial charge in [0.2, 0.25) is 0 Å². The highest BCUT2D eigenvalue weighted by Crippen LogP contribution is 1.93. The van der Waals surface area contributed by atoms with Crippen LogP contribution in [0, 0.1) is 0 Å². The van der Waals surface area contributed by atoms with E-state index >= 15 is 0 Å². The van der Waals surface area contributed by atoms with Gasteiger partial charge in [-0.3, -0.25) is 9.78 Å². The minimum atomic E-state index is -0.553. The Morgan fingerprint density at radius 3 is 2.92 bits per heavy atom. The van der Waals surface area contributed by atoms with Crippen LogP contribution in [0.15, 0.2) is 22.1 Å². The molecule has 0 fully saturated rings. The van der Waals surface area contributed by atoms with Gasteiger partial charge in [-0.1, -0.05) is 0 Å². The van der Waals surface area contributed by atoms with E-state index in [9.17, 15) is 9.59 Å². The quantitative estimate of drug-likeness (QED) is 0.522. The molecule has 0 saturated heterocycles. The molecule has 0 radical (unpaired) electrons. The number of aromatic amines is 2. The topological polar surface area (TPSA) is 91.5 Å². The smallest absolute Gasteiger partial charge is 0.304 e. The average Bonchev–Trinajstić information content (AvgIpc) is 2.04. The Bertz CT molecular complexity index is 527. The van der Waals surface area contributed by atoms with Crippen LogP contribution in [0.1, 0.15) is 0 Å². The van der Waals surface area contributed by atoms with Crippen LogP contribution in [-0.4, -0.2) is 19.9 Å². The summed E-state index contributed by atoms with van der Waals surface area (Å²) in [6, 6.07) is 0. The summed E-state index contributed by atoms with van der Waals surface area (Å²) in [5, 5.41) is 0. The zero-order valence-corrected chi connectivity index (χ0v) is 5.87. The number of rotatable bonds is 0. The van der Waals surface area contributed by atoms with Crippen molar-refractivity contribution in [3.8, 4) is 0 Å². The van der Waals surface area contributed by atoms with Gasteiger partial charge in [0.05, 0.1) is 11.7 Å². The Labute approximate surface area is 65.3 Å². The van der Waals surface area contributed by atoms with E-state index in [4.69, 9.17) is 0 Å². The Morgan fingerprint density at radius 1 is 1.25 bits per heavy atom. The summed E-state index contributed by atoms with van der Waals surface area (Å²) >= 11 is 0. The van der Waals surface area contributed by atoms with Crippen LogP contribution in [0.5, 0.6) is 0 Å². The fraction of sp³-hybridized carbons (Fsp3) is 0. The van der Waals surface area contributed by atoms with Crippen molar-refractivity contribution in [2.45, 2.75) is 0 Å². The molecule has 6 nitrogen and oxygen atoms in total. The van der Waals surface area contributed by atoms with Crippen LogP contribution in [0.4, 0.5) is 0 Å². The van der Waals surface area contributed by atoms with Gasteiger partial charge < -0.3 is 4.98 Å². The molecule has 0 unspecified atom stereocenters. The third-order valence-electron chi connectivity index (χ3n) is 1.40. The number of H-pyrrole nitrogens is 2. The molecule has 6 heteroatoms. The van der Waals surface area contributed by atoms with Crippen molar-refractivity contribution in [2.24, 2.45) is 0 Å². The summed E-state index contributed by atoms with van der Waals surface area (Å²) in [5.74, 6) is 0. The summed E-state index contributed by atoms with van der Waals surface area (Å²) in [6.45, 7) is 0. The molecule has 2 aromatic heterocycles. The lowest BCUT2D eigenvalue weighted by Gasteiger charge is -1.91. The molecule has 2 N–H and O–H groups in total. The molecule has 2 rings (SSSR count). The second kappa shape index (κ2) is 2.26. The molecular formula is C6H4N4O2. The first kappa shape index (κ1) is 6.71. The van der Waals surface area contributed by atoms with Crippen LogP contribution in [0.3, 0.4) is 0 Å². The van der Waals surface area contributed by atoms with Gasteiger partial charge >= 0.3 is 5.69 Å². The standard InChI is InChI=1S/C6H4N4O2/c11-5-4-3(1-7-2-8-4)9-6(12)10-5/h1-2H,(H2,9,10,11,12). The largest absolute Gasteiger partial charge is 0.326 e. The van der Waals surface area contributed by atoms with Gasteiger partial charge in [0, 0.05) is 0 Å². The lowest BCUT2D eigenvalue weighted by molar-refractivity contribution is 1.05. The zero-order chi connectivity index (χ0) is 8.55. The van der Waals surface area contributed by atoms with Crippen molar-refractivity contribution in [1.29, 1.82) is 0 Å². The fourth-order valence-corrected chi connectivity index (χ4v) is 0.918. The monoisotopic (exact) mass is 164 g/mol. The Hall–Kier alpha value is -1.98. The number of nitrogens with one attached hydrogen (secondary N) is 2. The van der Waals surface area contributed by atoms with Gasteiger partial charge in [-0.2, -0.15) is 0 Å². The van der Waals surface area contributed by atoms with E-state index in [-0.39, 0.29) is 5.52 Å². The van der Waals surface area contributed by atoms with Crippen molar-refractivity contribution in [3.63, 3.8) is 0 Å². The molecule has 12 heavy (non-hydrogen) atoms. The third-order valence-corrected chi connectivity index (χ3v) is 1.40. The molecular weight excluding hydrogens is 160 g/mol. The summed E-state index contributed by atoms with van der Waals surface area (Å²) < 4.78 is 0. The first-order valence-corrected chi connectivity index (χ1v) is 3.20. The number of nitrogens with zero attached hydrogens (tertiary/aromatic N) is 2. The summed E-state index contributed by atoms with van der Waals surface area (Å²) in [7, 11) is 0. The molecule has 0 saturated carbocycles. The molecule has 0 aliphatic carbocycles. The molecule has 2 aromatic rings.